The summed E-state index contributed by atoms with van der Waals surface area (Å²) in [6.07, 6.45) is 0. The summed E-state index contributed by atoms with van der Waals surface area (Å²) < 4.78 is 34.9. The monoisotopic (exact) mass is 202 g/mol. The molecule has 0 aliphatic carbocycles. The molecule has 0 aliphatic heterocycles. The van der Waals surface area contributed by atoms with Crippen molar-refractivity contribution in [2.75, 3.05) is 14.2 Å². The molecule has 5 heteroatoms. The number of carbonyl (C=O) groups is 1. The molecule has 76 valence electrons. The highest BCUT2D eigenvalue weighted by Gasteiger charge is 2.19. The summed E-state index contributed by atoms with van der Waals surface area (Å²) in [5.74, 6) is -3.38. The highest BCUT2D eigenvalue weighted by Crippen LogP contribution is 2.24. The van der Waals surface area contributed by atoms with Crippen LogP contribution < -0.4 is 4.74 Å². The SMILES string of the molecule is COC(=O)c1ccc(F)c(OC)c1F. The Morgan fingerprint density at radius 3 is 2.43 bits per heavy atom. The average molecular weight is 202 g/mol. The third-order valence-corrected chi connectivity index (χ3v) is 1.66. The van der Waals surface area contributed by atoms with E-state index in [0.29, 0.717) is 0 Å². The van der Waals surface area contributed by atoms with Crippen LogP contribution in [-0.2, 0) is 4.74 Å². The van der Waals surface area contributed by atoms with Gasteiger partial charge in [0.1, 0.15) is 0 Å². The molecule has 0 atom stereocenters. The molecular formula is C9H8F2O3. The molecule has 0 spiro atoms. The topological polar surface area (TPSA) is 35.5 Å². The molecule has 0 fully saturated rings. The molecule has 0 heterocycles. The molecule has 0 aromatic heterocycles. The van der Waals surface area contributed by atoms with Crippen molar-refractivity contribution in [3.05, 3.63) is 29.3 Å². The lowest BCUT2D eigenvalue weighted by atomic mass is 10.2. The van der Waals surface area contributed by atoms with Gasteiger partial charge in [0, 0.05) is 0 Å². The normalized spacial score (nSPS) is 9.71. The van der Waals surface area contributed by atoms with Gasteiger partial charge in [0.15, 0.2) is 17.4 Å². The minimum Gasteiger partial charge on any atom is -0.491 e. The molecular weight excluding hydrogens is 194 g/mol. The van der Waals surface area contributed by atoms with Crippen LogP contribution in [0.15, 0.2) is 12.1 Å². The van der Waals surface area contributed by atoms with Crippen LogP contribution in [-0.4, -0.2) is 20.2 Å². The Balaban J connectivity index is 3.28. The number of rotatable bonds is 2. The molecule has 0 radical (unpaired) electrons. The van der Waals surface area contributed by atoms with Gasteiger partial charge in [-0.2, -0.15) is 0 Å². The van der Waals surface area contributed by atoms with E-state index in [1.165, 1.54) is 0 Å². The van der Waals surface area contributed by atoms with Gasteiger partial charge >= 0.3 is 5.97 Å². The van der Waals surface area contributed by atoms with Gasteiger partial charge in [-0.3, -0.25) is 0 Å². The molecule has 1 aromatic carbocycles. The van der Waals surface area contributed by atoms with Gasteiger partial charge in [-0.25, -0.2) is 13.6 Å². The minimum atomic E-state index is -1.06. The van der Waals surface area contributed by atoms with Crippen LogP contribution in [0.25, 0.3) is 0 Å². The second-order valence-corrected chi connectivity index (χ2v) is 2.43. The van der Waals surface area contributed by atoms with E-state index in [1.807, 2.05) is 0 Å². The van der Waals surface area contributed by atoms with Crippen molar-refractivity contribution < 1.29 is 23.0 Å². The number of benzene rings is 1. The zero-order valence-corrected chi connectivity index (χ0v) is 7.64. The maximum Gasteiger partial charge on any atom is 0.340 e. The highest BCUT2D eigenvalue weighted by molar-refractivity contribution is 5.90. The van der Waals surface area contributed by atoms with Gasteiger partial charge in [-0.1, -0.05) is 0 Å². The van der Waals surface area contributed by atoms with Gasteiger partial charge in [-0.05, 0) is 12.1 Å². The fraction of sp³-hybridized carbons (Fsp3) is 0.222. The molecule has 0 bridgehead atoms. The average Bonchev–Trinajstić information content (AvgIpc) is 2.18. The zero-order valence-electron chi connectivity index (χ0n) is 7.64. The highest BCUT2D eigenvalue weighted by atomic mass is 19.1. The summed E-state index contributed by atoms with van der Waals surface area (Å²) in [6, 6.07) is 1.94. The van der Waals surface area contributed by atoms with Crippen molar-refractivity contribution in [2.24, 2.45) is 0 Å². The number of esters is 1. The van der Waals surface area contributed by atoms with E-state index in [9.17, 15) is 13.6 Å². The molecule has 1 rings (SSSR count). The standard InChI is InChI=1S/C9H8F2O3/c1-13-8-6(10)4-3-5(7(8)11)9(12)14-2/h3-4H,1-2H3. The van der Waals surface area contributed by atoms with Gasteiger partial charge in [0.05, 0.1) is 19.8 Å². The predicted molar refractivity (Wildman–Crippen MR) is 44.2 cm³/mol. The first kappa shape index (κ1) is 10.4. The van der Waals surface area contributed by atoms with Crippen molar-refractivity contribution in [1.29, 1.82) is 0 Å². The summed E-state index contributed by atoms with van der Waals surface area (Å²) in [6.45, 7) is 0. The van der Waals surface area contributed by atoms with Crippen molar-refractivity contribution in [2.45, 2.75) is 0 Å². The fourth-order valence-electron chi connectivity index (χ4n) is 0.987. The first-order chi connectivity index (χ1) is 6.61. The Bertz CT molecular complexity index is 363. The molecule has 0 unspecified atom stereocenters. The maximum absolute atomic E-state index is 13.3. The Labute approximate surface area is 79.2 Å². The van der Waals surface area contributed by atoms with Crippen molar-refractivity contribution in [3.63, 3.8) is 0 Å². The van der Waals surface area contributed by atoms with Crippen molar-refractivity contribution >= 4 is 5.97 Å². The van der Waals surface area contributed by atoms with Crippen LogP contribution in [0.3, 0.4) is 0 Å². The lowest BCUT2D eigenvalue weighted by molar-refractivity contribution is 0.0594. The quantitative estimate of drug-likeness (QED) is 0.685. The third kappa shape index (κ3) is 1.66. The number of methoxy groups -OCH3 is 2. The Morgan fingerprint density at radius 2 is 1.93 bits per heavy atom. The van der Waals surface area contributed by atoms with E-state index in [2.05, 4.69) is 9.47 Å². The van der Waals surface area contributed by atoms with E-state index in [0.717, 1.165) is 26.4 Å². The summed E-state index contributed by atoms with van der Waals surface area (Å²) in [5.41, 5.74) is -0.356. The Morgan fingerprint density at radius 1 is 1.29 bits per heavy atom. The number of carbonyl (C=O) groups excluding carboxylic acids is 1. The van der Waals surface area contributed by atoms with Gasteiger partial charge in [-0.15, -0.1) is 0 Å². The van der Waals surface area contributed by atoms with Crippen LogP contribution in [0, 0.1) is 11.6 Å². The summed E-state index contributed by atoms with van der Waals surface area (Å²) >= 11 is 0. The molecule has 3 nitrogen and oxygen atoms in total. The number of hydrogen-bond donors (Lipinski definition) is 0. The van der Waals surface area contributed by atoms with Gasteiger partial charge < -0.3 is 9.47 Å². The fourth-order valence-corrected chi connectivity index (χ4v) is 0.987. The van der Waals surface area contributed by atoms with Gasteiger partial charge in [0.2, 0.25) is 0 Å². The molecule has 0 saturated heterocycles. The van der Waals surface area contributed by atoms with Crippen molar-refractivity contribution in [3.8, 4) is 5.75 Å². The number of hydrogen-bond acceptors (Lipinski definition) is 3. The smallest absolute Gasteiger partial charge is 0.340 e. The zero-order chi connectivity index (χ0) is 10.7. The molecule has 0 saturated carbocycles. The summed E-state index contributed by atoms with van der Waals surface area (Å²) in [5, 5.41) is 0. The first-order valence-corrected chi connectivity index (χ1v) is 3.72. The first-order valence-electron chi connectivity index (χ1n) is 3.72. The molecule has 0 N–H and O–H groups in total. The lowest BCUT2D eigenvalue weighted by Gasteiger charge is -2.06. The Kier molecular flexibility index (Phi) is 3.01. The van der Waals surface area contributed by atoms with E-state index in [4.69, 9.17) is 0 Å². The third-order valence-electron chi connectivity index (χ3n) is 1.66. The lowest BCUT2D eigenvalue weighted by Crippen LogP contribution is -2.06. The summed E-state index contributed by atoms with van der Waals surface area (Å²) in [7, 11) is 2.22. The largest absolute Gasteiger partial charge is 0.491 e. The van der Waals surface area contributed by atoms with Crippen LogP contribution in [0.2, 0.25) is 0 Å². The molecule has 14 heavy (non-hydrogen) atoms. The van der Waals surface area contributed by atoms with E-state index in [-0.39, 0.29) is 5.56 Å². The minimum absolute atomic E-state index is 0.356. The molecule has 0 amide bonds. The van der Waals surface area contributed by atoms with Crippen LogP contribution in [0.1, 0.15) is 10.4 Å². The van der Waals surface area contributed by atoms with Gasteiger partial charge in [0.25, 0.3) is 0 Å². The van der Waals surface area contributed by atoms with Crippen molar-refractivity contribution in [1.82, 2.24) is 0 Å². The van der Waals surface area contributed by atoms with E-state index < -0.39 is 23.4 Å². The molecule has 0 aliphatic rings. The summed E-state index contributed by atoms with van der Waals surface area (Å²) in [4.78, 5) is 11.0. The predicted octanol–water partition coefficient (Wildman–Crippen LogP) is 1.76. The van der Waals surface area contributed by atoms with E-state index >= 15 is 0 Å². The van der Waals surface area contributed by atoms with Crippen LogP contribution in [0.5, 0.6) is 5.75 Å². The molecule has 1 aromatic rings. The van der Waals surface area contributed by atoms with E-state index in [1.54, 1.807) is 0 Å². The van der Waals surface area contributed by atoms with Crippen LogP contribution in [0.4, 0.5) is 8.78 Å². The maximum atomic E-state index is 13.3. The second-order valence-electron chi connectivity index (χ2n) is 2.43. The Hall–Kier alpha value is -1.65. The second kappa shape index (κ2) is 4.04. The van der Waals surface area contributed by atoms with Crippen LogP contribution >= 0.6 is 0 Å². The number of halogens is 2. The number of ether oxygens (including phenoxy) is 2.